The van der Waals surface area contributed by atoms with Gasteiger partial charge in [-0.05, 0) is 57.7 Å². The molecule has 2 rings (SSSR count). The maximum atomic E-state index is 10.1. The maximum Gasteiger partial charge on any atom is 0.124 e. The largest absolute Gasteiger partial charge is 0.507 e. The Morgan fingerprint density at radius 2 is 1.76 bits per heavy atom. The Kier molecular flexibility index (Phi) is 5.48. The summed E-state index contributed by atoms with van der Waals surface area (Å²) >= 11 is 0. The van der Waals surface area contributed by atoms with Crippen molar-refractivity contribution in [2.24, 2.45) is 5.73 Å². The standard InChI is InChI=1S/C17H28N2O2/c1-3-11-19(14-9-7-13(18)8-10-14)12(2)17-15(20)5-4-6-16(17)21/h4-6,12-14,20-21H,3,7-11,18H2,1-2H3. The monoisotopic (exact) mass is 292 g/mol. The van der Waals surface area contributed by atoms with Crippen LogP contribution in [0.15, 0.2) is 18.2 Å². The summed E-state index contributed by atoms with van der Waals surface area (Å²) < 4.78 is 0. The quantitative estimate of drug-likeness (QED) is 0.780. The summed E-state index contributed by atoms with van der Waals surface area (Å²) in [5, 5.41) is 20.2. The van der Waals surface area contributed by atoms with E-state index in [4.69, 9.17) is 5.73 Å². The lowest BCUT2D eigenvalue weighted by Gasteiger charge is -2.40. The molecule has 1 aromatic carbocycles. The fourth-order valence-electron chi connectivity index (χ4n) is 3.52. The van der Waals surface area contributed by atoms with E-state index in [1.807, 2.05) is 0 Å². The summed E-state index contributed by atoms with van der Waals surface area (Å²) in [6.07, 6.45) is 5.37. The van der Waals surface area contributed by atoms with Gasteiger partial charge in [-0.3, -0.25) is 4.90 Å². The molecule has 0 spiro atoms. The van der Waals surface area contributed by atoms with E-state index in [0.717, 1.165) is 38.6 Å². The summed E-state index contributed by atoms with van der Waals surface area (Å²) in [5.41, 5.74) is 6.65. The van der Waals surface area contributed by atoms with E-state index >= 15 is 0 Å². The van der Waals surface area contributed by atoms with Crippen molar-refractivity contribution in [3.63, 3.8) is 0 Å². The molecule has 1 atom stereocenters. The predicted octanol–water partition coefficient (Wildman–Crippen LogP) is 3.14. The van der Waals surface area contributed by atoms with Gasteiger partial charge in [0.25, 0.3) is 0 Å². The molecule has 1 fully saturated rings. The fraction of sp³-hybridized carbons (Fsp3) is 0.647. The highest BCUT2D eigenvalue weighted by molar-refractivity contribution is 5.45. The third-order valence-corrected chi connectivity index (χ3v) is 4.67. The first-order valence-electron chi connectivity index (χ1n) is 8.06. The minimum atomic E-state index is 0.00507. The third kappa shape index (κ3) is 3.69. The lowest BCUT2D eigenvalue weighted by Crippen LogP contribution is -2.42. The van der Waals surface area contributed by atoms with Gasteiger partial charge in [0, 0.05) is 18.1 Å². The molecule has 0 amide bonds. The number of hydrogen-bond donors (Lipinski definition) is 3. The van der Waals surface area contributed by atoms with E-state index in [1.54, 1.807) is 18.2 Å². The summed E-state index contributed by atoms with van der Waals surface area (Å²) in [5.74, 6) is 0.354. The van der Waals surface area contributed by atoms with Gasteiger partial charge in [0.2, 0.25) is 0 Å². The molecule has 0 aliphatic heterocycles. The zero-order chi connectivity index (χ0) is 15.4. The Hall–Kier alpha value is -1.26. The van der Waals surface area contributed by atoms with Crippen LogP contribution >= 0.6 is 0 Å². The van der Waals surface area contributed by atoms with Crippen LogP contribution < -0.4 is 5.73 Å². The molecule has 0 saturated heterocycles. The van der Waals surface area contributed by atoms with Gasteiger partial charge in [-0.15, -0.1) is 0 Å². The van der Waals surface area contributed by atoms with Gasteiger partial charge in [0.05, 0.1) is 5.56 Å². The number of phenolic OH excluding ortho intramolecular Hbond substituents is 2. The van der Waals surface area contributed by atoms with E-state index in [9.17, 15) is 10.2 Å². The van der Waals surface area contributed by atoms with E-state index in [-0.39, 0.29) is 17.5 Å². The molecule has 1 aromatic rings. The van der Waals surface area contributed by atoms with Crippen LogP contribution in [0, 0.1) is 0 Å². The molecule has 21 heavy (non-hydrogen) atoms. The molecule has 4 N–H and O–H groups in total. The topological polar surface area (TPSA) is 69.7 Å². The normalized spacial score (nSPS) is 24.2. The average Bonchev–Trinajstić information content (AvgIpc) is 2.45. The summed E-state index contributed by atoms with van der Waals surface area (Å²) in [4.78, 5) is 2.42. The lowest BCUT2D eigenvalue weighted by atomic mass is 9.89. The first-order chi connectivity index (χ1) is 10.0. The number of aromatic hydroxyl groups is 2. The minimum absolute atomic E-state index is 0.00507. The molecule has 1 unspecified atom stereocenters. The van der Waals surface area contributed by atoms with Crippen LogP contribution in [0.25, 0.3) is 0 Å². The predicted molar refractivity (Wildman–Crippen MR) is 85.4 cm³/mol. The van der Waals surface area contributed by atoms with Crippen molar-refractivity contribution < 1.29 is 10.2 Å². The van der Waals surface area contributed by atoms with Gasteiger partial charge >= 0.3 is 0 Å². The van der Waals surface area contributed by atoms with Gasteiger partial charge in [0.15, 0.2) is 0 Å². The number of nitrogens with two attached hydrogens (primary N) is 1. The Bertz CT molecular complexity index is 436. The molecular weight excluding hydrogens is 264 g/mol. The van der Waals surface area contributed by atoms with Crippen molar-refractivity contribution in [1.82, 2.24) is 4.90 Å². The number of phenols is 2. The lowest BCUT2D eigenvalue weighted by molar-refractivity contribution is 0.105. The second kappa shape index (κ2) is 7.14. The molecule has 1 aliphatic rings. The Labute approximate surface area is 127 Å². The van der Waals surface area contributed by atoms with Crippen molar-refractivity contribution in [3.05, 3.63) is 23.8 Å². The molecular formula is C17H28N2O2. The molecule has 1 saturated carbocycles. The zero-order valence-electron chi connectivity index (χ0n) is 13.1. The minimum Gasteiger partial charge on any atom is -0.507 e. The van der Waals surface area contributed by atoms with Crippen LogP contribution in [0.5, 0.6) is 11.5 Å². The second-order valence-electron chi connectivity index (χ2n) is 6.19. The average molecular weight is 292 g/mol. The van der Waals surface area contributed by atoms with Crippen molar-refractivity contribution in [3.8, 4) is 11.5 Å². The zero-order valence-corrected chi connectivity index (χ0v) is 13.1. The molecule has 118 valence electrons. The number of benzene rings is 1. The van der Waals surface area contributed by atoms with Crippen LogP contribution in [0.3, 0.4) is 0 Å². The first kappa shape index (κ1) is 16.1. The van der Waals surface area contributed by atoms with Gasteiger partial charge in [-0.2, -0.15) is 0 Å². The maximum absolute atomic E-state index is 10.1. The van der Waals surface area contributed by atoms with Crippen molar-refractivity contribution in [1.29, 1.82) is 0 Å². The molecule has 0 bridgehead atoms. The van der Waals surface area contributed by atoms with Crippen molar-refractivity contribution in [2.75, 3.05) is 6.54 Å². The van der Waals surface area contributed by atoms with Gasteiger partial charge in [-0.25, -0.2) is 0 Å². The van der Waals surface area contributed by atoms with E-state index in [0.29, 0.717) is 17.6 Å². The second-order valence-corrected chi connectivity index (χ2v) is 6.19. The van der Waals surface area contributed by atoms with Crippen LogP contribution in [-0.2, 0) is 0 Å². The fourth-order valence-corrected chi connectivity index (χ4v) is 3.52. The highest BCUT2D eigenvalue weighted by Gasteiger charge is 2.29. The van der Waals surface area contributed by atoms with E-state index in [1.165, 1.54) is 0 Å². The van der Waals surface area contributed by atoms with Gasteiger partial charge in [0.1, 0.15) is 11.5 Å². The van der Waals surface area contributed by atoms with Crippen LogP contribution in [0.1, 0.15) is 57.6 Å². The van der Waals surface area contributed by atoms with Crippen LogP contribution in [0.2, 0.25) is 0 Å². The SMILES string of the molecule is CCCN(C1CCC(N)CC1)C(C)c1c(O)cccc1O. The van der Waals surface area contributed by atoms with E-state index < -0.39 is 0 Å². The number of nitrogens with zero attached hydrogens (tertiary/aromatic N) is 1. The molecule has 4 nitrogen and oxygen atoms in total. The smallest absolute Gasteiger partial charge is 0.124 e. The number of hydrogen-bond acceptors (Lipinski definition) is 4. The third-order valence-electron chi connectivity index (χ3n) is 4.67. The Morgan fingerprint density at radius 3 is 2.29 bits per heavy atom. The van der Waals surface area contributed by atoms with Gasteiger partial charge < -0.3 is 15.9 Å². The molecule has 0 radical (unpaired) electrons. The van der Waals surface area contributed by atoms with Crippen molar-refractivity contribution in [2.45, 2.75) is 64.1 Å². The summed E-state index contributed by atoms with van der Waals surface area (Å²) in [6.45, 7) is 5.20. The van der Waals surface area contributed by atoms with E-state index in [2.05, 4.69) is 18.7 Å². The molecule has 0 heterocycles. The van der Waals surface area contributed by atoms with Crippen LogP contribution in [-0.4, -0.2) is 33.7 Å². The molecule has 0 aromatic heterocycles. The number of rotatable bonds is 5. The Morgan fingerprint density at radius 1 is 1.19 bits per heavy atom. The highest BCUT2D eigenvalue weighted by atomic mass is 16.3. The summed E-state index contributed by atoms with van der Waals surface area (Å²) in [7, 11) is 0. The van der Waals surface area contributed by atoms with Crippen molar-refractivity contribution >= 4 is 0 Å². The van der Waals surface area contributed by atoms with Gasteiger partial charge in [-0.1, -0.05) is 13.0 Å². The van der Waals surface area contributed by atoms with Crippen LogP contribution in [0.4, 0.5) is 0 Å². The first-order valence-corrected chi connectivity index (χ1v) is 8.06. The molecule has 1 aliphatic carbocycles. The molecule has 4 heteroatoms. The Balaban J connectivity index is 2.21. The highest BCUT2D eigenvalue weighted by Crippen LogP contribution is 2.38. The summed E-state index contributed by atoms with van der Waals surface area (Å²) in [6, 6.07) is 5.78.